The van der Waals surface area contributed by atoms with Gasteiger partial charge in [-0.05, 0) is 67.1 Å². The number of piperazine rings is 1. The Kier molecular flexibility index (Phi) is 9.00. The monoisotopic (exact) mass is 521 g/mol. The Balaban J connectivity index is 1.13. The number of piperidine rings is 1. The second-order valence-electron chi connectivity index (χ2n) is 11.3. The van der Waals surface area contributed by atoms with Crippen molar-refractivity contribution in [1.29, 1.82) is 5.26 Å². The van der Waals surface area contributed by atoms with E-state index in [9.17, 15) is 4.79 Å². The third-order valence-electron chi connectivity index (χ3n) is 7.64. The molecule has 2 heterocycles. The van der Waals surface area contributed by atoms with Crippen molar-refractivity contribution in [3.8, 4) is 6.07 Å². The minimum Gasteiger partial charge on any atom is -0.382 e. The van der Waals surface area contributed by atoms with E-state index in [1.807, 2.05) is 11.0 Å². The van der Waals surface area contributed by atoms with Gasteiger partial charge in [0.25, 0.3) is 0 Å². The highest BCUT2D eigenvalue weighted by Crippen LogP contribution is 2.26. The number of carbonyl (C=O) groups is 1. The molecule has 0 spiro atoms. The van der Waals surface area contributed by atoms with E-state index in [4.69, 9.17) is 16.9 Å². The lowest BCUT2D eigenvalue weighted by Gasteiger charge is -2.36. The number of likely N-dealkylation sites (tertiary alicyclic amines) is 1. The van der Waals surface area contributed by atoms with Gasteiger partial charge in [-0.25, -0.2) is 0 Å². The van der Waals surface area contributed by atoms with E-state index in [1.54, 1.807) is 12.1 Å². The molecule has 2 saturated heterocycles. The average molecular weight is 522 g/mol. The number of halogens is 1. The largest absolute Gasteiger partial charge is 0.382 e. The molecule has 4 rings (SSSR count). The van der Waals surface area contributed by atoms with Crippen LogP contribution in [-0.2, 0) is 10.2 Å². The van der Waals surface area contributed by atoms with Crippen molar-refractivity contribution in [3.63, 3.8) is 0 Å². The molecule has 0 atom stereocenters. The summed E-state index contributed by atoms with van der Waals surface area (Å²) in [4.78, 5) is 19.8. The normalized spacial score (nSPS) is 17.5. The summed E-state index contributed by atoms with van der Waals surface area (Å²) in [7, 11) is 0. The second-order valence-corrected chi connectivity index (χ2v) is 11.7. The predicted octanol–water partition coefficient (Wildman–Crippen LogP) is 5.51. The van der Waals surface area contributed by atoms with E-state index in [2.05, 4.69) is 66.2 Å². The summed E-state index contributed by atoms with van der Waals surface area (Å²) in [5, 5.41) is 13.0. The van der Waals surface area contributed by atoms with E-state index in [-0.39, 0.29) is 11.3 Å². The van der Waals surface area contributed by atoms with Gasteiger partial charge in [0.05, 0.1) is 10.6 Å². The van der Waals surface area contributed by atoms with Crippen LogP contribution in [0.4, 0.5) is 11.4 Å². The molecule has 198 valence electrons. The highest BCUT2D eigenvalue weighted by atomic mass is 35.5. The van der Waals surface area contributed by atoms with E-state index in [0.29, 0.717) is 23.0 Å². The molecule has 37 heavy (non-hydrogen) atoms. The van der Waals surface area contributed by atoms with Gasteiger partial charge >= 0.3 is 0 Å². The van der Waals surface area contributed by atoms with E-state index >= 15 is 0 Å². The molecule has 2 aliphatic heterocycles. The highest BCUT2D eigenvalue weighted by Gasteiger charge is 2.23. The minimum atomic E-state index is 0.183. The van der Waals surface area contributed by atoms with Crippen LogP contribution in [0.5, 0.6) is 0 Å². The van der Waals surface area contributed by atoms with Crippen molar-refractivity contribution in [2.24, 2.45) is 0 Å². The molecule has 2 aromatic carbocycles. The molecule has 0 aliphatic carbocycles. The summed E-state index contributed by atoms with van der Waals surface area (Å²) in [6.07, 6.45) is 3.38. The standard InChI is InChI=1S/C30H40ClN5O/c1-30(2,3)24-7-10-27(11-8-24)35-19-17-34(18-20-35)14-4-5-29(37)36-15-12-25(13-16-36)33-26-9-6-23(22-32)28(31)21-26/h6-11,21,25,33H,4-5,12-20H2,1-3H3. The van der Waals surface area contributed by atoms with E-state index in [0.717, 1.165) is 70.8 Å². The summed E-state index contributed by atoms with van der Waals surface area (Å²) >= 11 is 6.15. The van der Waals surface area contributed by atoms with Crippen LogP contribution in [0.25, 0.3) is 0 Å². The smallest absolute Gasteiger partial charge is 0.222 e. The number of benzene rings is 2. The Morgan fingerprint density at radius 1 is 1.03 bits per heavy atom. The van der Waals surface area contributed by atoms with Crippen molar-refractivity contribution < 1.29 is 4.79 Å². The van der Waals surface area contributed by atoms with E-state index < -0.39 is 0 Å². The van der Waals surface area contributed by atoms with Gasteiger partial charge in [0, 0.05) is 63.1 Å². The maximum Gasteiger partial charge on any atom is 0.222 e. The van der Waals surface area contributed by atoms with Crippen LogP contribution in [0.1, 0.15) is 57.6 Å². The molecular formula is C30H40ClN5O. The number of nitrogens with zero attached hydrogens (tertiary/aromatic N) is 4. The molecule has 0 radical (unpaired) electrons. The fraction of sp³-hybridized carbons (Fsp3) is 0.533. The van der Waals surface area contributed by atoms with Crippen molar-refractivity contribution >= 4 is 28.9 Å². The summed E-state index contributed by atoms with van der Waals surface area (Å²) in [5.74, 6) is 0.275. The van der Waals surface area contributed by atoms with Crippen molar-refractivity contribution in [2.75, 3.05) is 56.0 Å². The van der Waals surface area contributed by atoms with Gasteiger partial charge in [-0.1, -0.05) is 44.5 Å². The topological polar surface area (TPSA) is 62.6 Å². The molecule has 2 aromatic rings. The second kappa shape index (κ2) is 12.2. The number of hydrogen-bond donors (Lipinski definition) is 1. The van der Waals surface area contributed by atoms with Crippen LogP contribution in [0.2, 0.25) is 5.02 Å². The summed E-state index contributed by atoms with van der Waals surface area (Å²) < 4.78 is 0. The number of amides is 1. The summed E-state index contributed by atoms with van der Waals surface area (Å²) in [6.45, 7) is 13.5. The third kappa shape index (κ3) is 7.40. The lowest BCUT2D eigenvalue weighted by atomic mass is 9.87. The maximum atomic E-state index is 12.8. The van der Waals surface area contributed by atoms with Gasteiger partial charge in [0.1, 0.15) is 6.07 Å². The molecule has 0 aromatic heterocycles. The number of carbonyl (C=O) groups excluding carboxylic acids is 1. The summed E-state index contributed by atoms with van der Waals surface area (Å²) in [6, 6.07) is 16.9. The number of anilines is 2. The van der Waals surface area contributed by atoms with Crippen molar-refractivity contribution in [2.45, 2.75) is 57.9 Å². The Bertz CT molecular complexity index is 1090. The molecule has 0 saturated carbocycles. The Labute approximate surface area is 227 Å². The lowest BCUT2D eigenvalue weighted by molar-refractivity contribution is -0.132. The van der Waals surface area contributed by atoms with Gasteiger partial charge in [0.15, 0.2) is 0 Å². The fourth-order valence-corrected chi connectivity index (χ4v) is 5.44. The van der Waals surface area contributed by atoms with Crippen LogP contribution in [-0.4, -0.2) is 67.6 Å². The number of hydrogen-bond acceptors (Lipinski definition) is 5. The minimum absolute atomic E-state index is 0.183. The van der Waals surface area contributed by atoms with Gasteiger partial charge in [-0.2, -0.15) is 5.26 Å². The Morgan fingerprint density at radius 2 is 1.70 bits per heavy atom. The number of nitrogens with one attached hydrogen (secondary N) is 1. The molecule has 2 fully saturated rings. The first kappa shape index (κ1) is 27.3. The van der Waals surface area contributed by atoms with Crippen LogP contribution < -0.4 is 10.2 Å². The SMILES string of the molecule is CC(C)(C)c1ccc(N2CCN(CCCC(=O)N3CCC(Nc4ccc(C#N)c(Cl)c4)CC3)CC2)cc1. The fourth-order valence-electron chi connectivity index (χ4n) is 5.22. The van der Waals surface area contributed by atoms with Gasteiger partial charge in [-0.15, -0.1) is 0 Å². The third-order valence-corrected chi connectivity index (χ3v) is 7.96. The van der Waals surface area contributed by atoms with Gasteiger partial charge in [-0.3, -0.25) is 9.69 Å². The van der Waals surface area contributed by atoms with Crippen LogP contribution in [0, 0.1) is 11.3 Å². The summed E-state index contributed by atoms with van der Waals surface area (Å²) in [5.41, 5.74) is 4.28. The van der Waals surface area contributed by atoms with Crippen LogP contribution in [0.15, 0.2) is 42.5 Å². The molecular weight excluding hydrogens is 482 g/mol. The maximum absolute atomic E-state index is 12.8. The first-order valence-corrected chi connectivity index (χ1v) is 13.9. The van der Waals surface area contributed by atoms with Gasteiger partial charge in [0.2, 0.25) is 5.91 Å². The van der Waals surface area contributed by atoms with Crippen LogP contribution >= 0.6 is 11.6 Å². The zero-order valence-electron chi connectivity index (χ0n) is 22.5. The molecule has 7 heteroatoms. The number of nitriles is 1. The quantitative estimate of drug-likeness (QED) is 0.520. The first-order chi connectivity index (χ1) is 17.7. The highest BCUT2D eigenvalue weighted by molar-refractivity contribution is 6.32. The van der Waals surface area contributed by atoms with Crippen molar-refractivity contribution in [3.05, 3.63) is 58.6 Å². The molecule has 0 bridgehead atoms. The molecule has 2 aliphatic rings. The zero-order valence-corrected chi connectivity index (χ0v) is 23.2. The van der Waals surface area contributed by atoms with Gasteiger partial charge < -0.3 is 15.1 Å². The molecule has 1 N–H and O–H groups in total. The molecule has 1 amide bonds. The number of rotatable bonds is 7. The molecule has 0 unspecified atom stereocenters. The zero-order chi connectivity index (χ0) is 26.4. The van der Waals surface area contributed by atoms with E-state index in [1.165, 1.54) is 11.3 Å². The van der Waals surface area contributed by atoms with Crippen LogP contribution in [0.3, 0.4) is 0 Å². The Hall–Kier alpha value is -2.75. The molecule has 6 nitrogen and oxygen atoms in total. The lowest BCUT2D eigenvalue weighted by Crippen LogP contribution is -2.47. The predicted molar refractivity (Wildman–Crippen MR) is 152 cm³/mol. The Morgan fingerprint density at radius 3 is 2.30 bits per heavy atom. The average Bonchev–Trinajstić information content (AvgIpc) is 2.89. The van der Waals surface area contributed by atoms with Crippen molar-refractivity contribution in [1.82, 2.24) is 9.80 Å². The first-order valence-electron chi connectivity index (χ1n) is 13.5.